The van der Waals surface area contributed by atoms with Crippen LogP contribution >= 0.6 is 11.6 Å². The molecule has 1 unspecified atom stereocenters. The smallest absolute Gasteiger partial charge is 0.137 e. The average molecular weight is 239 g/mol. The molecule has 0 aliphatic carbocycles. The van der Waals surface area contributed by atoms with Crippen molar-refractivity contribution in [3.05, 3.63) is 46.7 Å². The van der Waals surface area contributed by atoms with E-state index >= 15 is 0 Å². The van der Waals surface area contributed by atoms with Gasteiger partial charge in [0.1, 0.15) is 11.9 Å². The Morgan fingerprint density at radius 2 is 2.25 bits per heavy atom. The number of H-pyrrole nitrogens is 1. The van der Waals surface area contributed by atoms with Gasteiger partial charge in [-0.2, -0.15) is 5.10 Å². The number of hydrogen-bond donors (Lipinski definition) is 2. The van der Waals surface area contributed by atoms with Crippen molar-refractivity contribution < 1.29 is 9.84 Å². The molecular weight excluding hydrogens is 228 g/mol. The molecule has 16 heavy (non-hydrogen) atoms. The Morgan fingerprint density at radius 1 is 1.44 bits per heavy atom. The van der Waals surface area contributed by atoms with Gasteiger partial charge in [-0.3, -0.25) is 5.10 Å². The monoisotopic (exact) mass is 238 g/mol. The topological polar surface area (TPSA) is 58.1 Å². The summed E-state index contributed by atoms with van der Waals surface area (Å²) in [5.74, 6) is 0.585. The second-order valence-electron chi connectivity index (χ2n) is 3.31. The minimum absolute atomic E-state index is 0.471. The highest BCUT2D eigenvalue weighted by Gasteiger charge is 2.13. The number of methoxy groups -OCH3 is 1. The molecule has 2 rings (SSSR count). The van der Waals surface area contributed by atoms with E-state index < -0.39 is 6.10 Å². The number of nitrogens with one attached hydrogen (secondary N) is 1. The number of ether oxygens (including phenoxy) is 1. The quantitative estimate of drug-likeness (QED) is 0.862. The van der Waals surface area contributed by atoms with Gasteiger partial charge in [-0.1, -0.05) is 17.7 Å². The molecule has 0 saturated heterocycles. The molecule has 0 aliphatic heterocycles. The van der Waals surface area contributed by atoms with Crippen LogP contribution < -0.4 is 4.74 Å². The fraction of sp³-hybridized carbons (Fsp3) is 0.182. The van der Waals surface area contributed by atoms with Gasteiger partial charge >= 0.3 is 0 Å². The first kappa shape index (κ1) is 11.0. The Kier molecular flexibility index (Phi) is 3.12. The number of aliphatic hydroxyl groups excluding tert-OH is 1. The first-order valence-corrected chi connectivity index (χ1v) is 5.11. The summed E-state index contributed by atoms with van der Waals surface area (Å²) in [5.41, 5.74) is 1.32. The Hall–Kier alpha value is -1.52. The molecule has 5 heteroatoms. The van der Waals surface area contributed by atoms with Crippen molar-refractivity contribution in [2.75, 3.05) is 7.11 Å². The van der Waals surface area contributed by atoms with Crippen molar-refractivity contribution in [3.8, 4) is 5.75 Å². The number of nitrogens with zero attached hydrogens (tertiary/aromatic N) is 1. The zero-order chi connectivity index (χ0) is 11.5. The number of rotatable bonds is 3. The van der Waals surface area contributed by atoms with E-state index in [4.69, 9.17) is 16.3 Å². The predicted molar refractivity (Wildman–Crippen MR) is 60.7 cm³/mol. The van der Waals surface area contributed by atoms with E-state index in [1.165, 1.54) is 0 Å². The molecule has 1 aromatic carbocycles. The number of aromatic nitrogens is 2. The maximum absolute atomic E-state index is 10.00. The minimum atomic E-state index is -0.758. The lowest BCUT2D eigenvalue weighted by Crippen LogP contribution is -2.00. The van der Waals surface area contributed by atoms with Gasteiger partial charge in [-0.25, -0.2) is 0 Å². The van der Waals surface area contributed by atoms with Crippen LogP contribution in [0.25, 0.3) is 0 Å². The average Bonchev–Trinajstić information content (AvgIpc) is 2.81. The minimum Gasteiger partial charge on any atom is -0.495 e. The van der Waals surface area contributed by atoms with Gasteiger partial charge in [-0.15, -0.1) is 0 Å². The molecule has 4 nitrogen and oxygen atoms in total. The highest BCUT2D eigenvalue weighted by Crippen LogP contribution is 2.29. The zero-order valence-electron chi connectivity index (χ0n) is 8.64. The molecule has 0 radical (unpaired) electrons. The molecule has 1 atom stereocenters. The summed E-state index contributed by atoms with van der Waals surface area (Å²) in [4.78, 5) is 0. The summed E-state index contributed by atoms with van der Waals surface area (Å²) in [5, 5.41) is 17.0. The van der Waals surface area contributed by atoms with Crippen LogP contribution in [-0.2, 0) is 0 Å². The molecular formula is C11H11ClN2O2. The highest BCUT2D eigenvalue weighted by molar-refractivity contribution is 6.32. The van der Waals surface area contributed by atoms with E-state index in [0.29, 0.717) is 22.0 Å². The third-order valence-electron chi connectivity index (χ3n) is 2.31. The summed E-state index contributed by atoms with van der Waals surface area (Å²) in [6.07, 6.45) is 0.829. The van der Waals surface area contributed by atoms with Crippen LogP contribution in [0.4, 0.5) is 0 Å². The summed E-state index contributed by atoms with van der Waals surface area (Å²) >= 11 is 5.97. The van der Waals surface area contributed by atoms with Gasteiger partial charge in [0.25, 0.3) is 0 Å². The number of aliphatic hydroxyl groups is 1. The van der Waals surface area contributed by atoms with Gasteiger partial charge in [-0.05, 0) is 23.8 Å². The fourth-order valence-corrected chi connectivity index (χ4v) is 1.72. The second-order valence-corrected chi connectivity index (χ2v) is 3.72. The van der Waals surface area contributed by atoms with Crippen LogP contribution in [0, 0.1) is 0 Å². The molecule has 84 valence electrons. The van der Waals surface area contributed by atoms with Crippen LogP contribution in [0.3, 0.4) is 0 Å². The van der Waals surface area contributed by atoms with E-state index in [-0.39, 0.29) is 0 Å². The standard InChI is InChI=1S/C11H11ClN2O2/c1-16-10-3-2-7(6-8(10)12)11(15)9-4-5-13-14-9/h2-6,11,15H,1H3,(H,13,14). The zero-order valence-corrected chi connectivity index (χ0v) is 9.40. The lowest BCUT2D eigenvalue weighted by Gasteiger charge is -2.10. The number of hydrogen-bond acceptors (Lipinski definition) is 3. The number of aromatic amines is 1. The van der Waals surface area contributed by atoms with Crippen LogP contribution in [0.2, 0.25) is 5.02 Å². The molecule has 2 N–H and O–H groups in total. The second kappa shape index (κ2) is 4.55. The van der Waals surface area contributed by atoms with Gasteiger partial charge in [0.05, 0.1) is 17.8 Å². The third kappa shape index (κ3) is 2.03. The van der Waals surface area contributed by atoms with E-state index in [9.17, 15) is 5.11 Å². The third-order valence-corrected chi connectivity index (χ3v) is 2.60. The van der Waals surface area contributed by atoms with Crippen LogP contribution in [0.5, 0.6) is 5.75 Å². The van der Waals surface area contributed by atoms with Crippen LogP contribution in [-0.4, -0.2) is 22.4 Å². The summed E-state index contributed by atoms with van der Waals surface area (Å²) < 4.78 is 5.04. The Bertz CT molecular complexity index is 471. The first-order valence-electron chi connectivity index (χ1n) is 4.73. The SMILES string of the molecule is COc1ccc(C(O)c2ccn[nH]2)cc1Cl. The van der Waals surface area contributed by atoms with Crippen molar-refractivity contribution in [1.29, 1.82) is 0 Å². The van der Waals surface area contributed by atoms with E-state index in [2.05, 4.69) is 10.2 Å². The van der Waals surface area contributed by atoms with E-state index in [1.807, 2.05) is 0 Å². The highest BCUT2D eigenvalue weighted by atomic mass is 35.5. The molecule has 0 saturated carbocycles. The fourth-order valence-electron chi connectivity index (χ4n) is 1.45. The van der Waals surface area contributed by atoms with Crippen molar-refractivity contribution >= 4 is 11.6 Å². The Labute approximate surface area is 97.8 Å². The lowest BCUT2D eigenvalue weighted by atomic mass is 10.1. The van der Waals surface area contributed by atoms with Crippen molar-refractivity contribution in [2.24, 2.45) is 0 Å². The van der Waals surface area contributed by atoms with Gasteiger partial charge in [0.15, 0.2) is 0 Å². The summed E-state index contributed by atoms with van der Waals surface area (Å²) in [6, 6.07) is 6.86. The summed E-state index contributed by atoms with van der Waals surface area (Å²) in [6.45, 7) is 0. The molecule has 0 spiro atoms. The molecule has 0 aliphatic rings. The molecule has 2 aromatic rings. The van der Waals surface area contributed by atoms with Gasteiger partial charge in [0.2, 0.25) is 0 Å². The first-order chi connectivity index (χ1) is 7.72. The maximum Gasteiger partial charge on any atom is 0.137 e. The van der Waals surface area contributed by atoms with Crippen molar-refractivity contribution in [2.45, 2.75) is 6.10 Å². The molecule has 1 aromatic heterocycles. The van der Waals surface area contributed by atoms with E-state index in [1.54, 1.807) is 37.6 Å². The molecule has 0 amide bonds. The predicted octanol–water partition coefficient (Wildman–Crippen LogP) is 2.15. The van der Waals surface area contributed by atoms with Gasteiger partial charge in [0, 0.05) is 6.20 Å². The number of benzene rings is 1. The van der Waals surface area contributed by atoms with E-state index in [0.717, 1.165) is 0 Å². The molecule has 0 bridgehead atoms. The maximum atomic E-state index is 10.00. The number of halogens is 1. The van der Waals surface area contributed by atoms with Gasteiger partial charge < -0.3 is 9.84 Å². The summed E-state index contributed by atoms with van der Waals surface area (Å²) in [7, 11) is 1.55. The van der Waals surface area contributed by atoms with Crippen LogP contribution in [0.1, 0.15) is 17.4 Å². The molecule has 1 heterocycles. The van der Waals surface area contributed by atoms with Crippen molar-refractivity contribution in [1.82, 2.24) is 10.2 Å². The largest absolute Gasteiger partial charge is 0.495 e. The Morgan fingerprint density at radius 3 is 2.81 bits per heavy atom. The lowest BCUT2D eigenvalue weighted by molar-refractivity contribution is 0.215. The normalized spacial score (nSPS) is 12.4. The Balaban J connectivity index is 2.31. The van der Waals surface area contributed by atoms with Crippen LogP contribution in [0.15, 0.2) is 30.5 Å². The molecule has 0 fully saturated rings. The van der Waals surface area contributed by atoms with Crippen molar-refractivity contribution in [3.63, 3.8) is 0 Å².